The normalized spacial score (nSPS) is 12.3. The van der Waals surface area contributed by atoms with Gasteiger partial charge in [-0.1, -0.05) is 43.7 Å². The number of nitrogens with one attached hydrogen (secondary N) is 1. The number of hydrogen-bond donors (Lipinski definition) is 1. The Bertz CT molecular complexity index is 890. The molecule has 1 N–H and O–H groups in total. The second kappa shape index (κ2) is 12.1. The minimum atomic E-state index is -1.96. The van der Waals surface area contributed by atoms with Crippen LogP contribution < -0.4 is 5.32 Å². The summed E-state index contributed by atoms with van der Waals surface area (Å²) in [7, 11) is -1.96. The van der Waals surface area contributed by atoms with Crippen molar-refractivity contribution in [3.8, 4) is 0 Å². The second-order valence-corrected chi connectivity index (χ2v) is 13.0. The highest BCUT2D eigenvalue weighted by molar-refractivity contribution is 7.78. The summed E-state index contributed by atoms with van der Waals surface area (Å²) in [6.07, 6.45) is 3.45. The maximum atomic E-state index is 13.7. The Morgan fingerprint density at radius 2 is 1.62 bits per heavy atom. The third kappa shape index (κ3) is 6.62. The summed E-state index contributed by atoms with van der Waals surface area (Å²) in [5.41, 5.74) is 2.77. The lowest BCUT2D eigenvalue weighted by molar-refractivity contribution is -0.141. The Morgan fingerprint density at radius 1 is 1.03 bits per heavy atom. The molecule has 0 aliphatic carbocycles. The number of aryl methyl sites for hydroxylation is 2. The lowest BCUT2D eigenvalue weighted by Crippen LogP contribution is -2.35. The third-order valence-corrected chi connectivity index (χ3v) is 11.4. The zero-order valence-corrected chi connectivity index (χ0v) is 20.8. The smallest absolute Gasteiger partial charge is 0.344 e. The van der Waals surface area contributed by atoms with E-state index in [0.717, 1.165) is 24.3 Å². The maximum Gasteiger partial charge on any atom is 0.344 e. The molecule has 1 unspecified atom stereocenters. The monoisotopic (exact) mass is 460 g/mol. The second-order valence-electron chi connectivity index (χ2n) is 8.36. The number of carbonyl (C=O) groups excluding carboxylic acids is 2. The minimum Gasteiger partial charge on any atom is -0.458 e. The first-order valence-corrected chi connectivity index (χ1v) is 13.8. The zero-order chi connectivity index (χ0) is 23.7. The highest BCUT2D eigenvalue weighted by Gasteiger charge is 2.48. The van der Waals surface area contributed by atoms with Crippen molar-refractivity contribution in [3.05, 3.63) is 65.0 Å². The molecular weight excluding hydrogens is 424 g/mol. The van der Waals surface area contributed by atoms with E-state index >= 15 is 0 Å². The Labute approximate surface area is 192 Å². The Kier molecular flexibility index (Phi) is 9.84. The molecule has 4 nitrogen and oxygen atoms in total. The molecule has 0 bridgehead atoms. The van der Waals surface area contributed by atoms with Crippen molar-refractivity contribution in [2.24, 2.45) is 0 Å². The molecule has 1 atom stereocenters. The lowest BCUT2D eigenvalue weighted by atomic mass is 10.1. The molecule has 0 fully saturated rings. The standard InChI is InChI=1S/C26H35FNO3P/c1-6-12-23(26(30)28-25-19(4)15-22(27)16-20(25)5)32(7-2,8-3)18-24(29)31-17-21-13-10-9-11-14-21/h9-11,13-16,23H,6-8,12,17-18H2,1-5H3/p+1. The van der Waals surface area contributed by atoms with E-state index in [0.29, 0.717) is 29.4 Å². The average molecular weight is 461 g/mol. The van der Waals surface area contributed by atoms with Gasteiger partial charge in [-0.05, 0) is 62.9 Å². The van der Waals surface area contributed by atoms with Crippen LogP contribution in [0.5, 0.6) is 0 Å². The third-order valence-electron chi connectivity index (χ3n) is 6.22. The molecule has 2 aromatic rings. The van der Waals surface area contributed by atoms with E-state index in [9.17, 15) is 14.0 Å². The van der Waals surface area contributed by atoms with Crippen LogP contribution in [0.1, 0.15) is 50.3 Å². The summed E-state index contributed by atoms with van der Waals surface area (Å²) < 4.78 is 19.3. The van der Waals surface area contributed by atoms with Crippen molar-refractivity contribution in [1.82, 2.24) is 0 Å². The van der Waals surface area contributed by atoms with Gasteiger partial charge in [-0.15, -0.1) is 0 Å². The Balaban J connectivity index is 2.21. The van der Waals surface area contributed by atoms with Gasteiger partial charge in [0.15, 0.2) is 6.16 Å². The van der Waals surface area contributed by atoms with Crippen molar-refractivity contribution in [2.75, 3.05) is 23.8 Å². The van der Waals surface area contributed by atoms with Crippen LogP contribution in [0.2, 0.25) is 0 Å². The SMILES string of the molecule is CCCC(C(=O)Nc1c(C)cc(F)cc1C)[P+](CC)(CC)CC(=O)OCc1ccccc1. The number of hydrogen-bond acceptors (Lipinski definition) is 3. The molecule has 0 saturated carbocycles. The van der Waals surface area contributed by atoms with E-state index in [1.807, 2.05) is 30.3 Å². The summed E-state index contributed by atoms with van der Waals surface area (Å²) in [6, 6.07) is 12.5. The molecule has 0 aromatic heterocycles. The molecule has 2 aromatic carbocycles. The maximum absolute atomic E-state index is 13.7. The van der Waals surface area contributed by atoms with Gasteiger partial charge in [0.25, 0.3) is 5.91 Å². The molecule has 1 amide bonds. The van der Waals surface area contributed by atoms with Crippen LogP contribution in [0, 0.1) is 19.7 Å². The van der Waals surface area contributed by atoms with Gasteiger partial charge in [-0.25, -0.2) is 9.18 Å². The number of esters is 1. The van der Waals surface area contributed by atoms with Crippen molar-refractivity contribution >= 4 is 24.8 Å². The molecule has 32 heavy (non-hydrogen) atoms. The van der Waals surface area contributed by atoms with E-state index in [4.69, 9.17) is 4.74 Å². The molecule has 6 heteroatoms. The van der Waals surface area contributed by atoms with Crippen molar-refractivity contribution in [3.63, 3.8) is 0 Å². The van der Waals surface area contributed by atoms with E-state index in [2.05, 4.69) is 26.1 Å². The fourth-order valence-electron chi connectivity index (χ4n) is 4.28. The largest absolute Gasteiger partial charge is 0.458 e. The molecule has 2 rings (SSSR count). The van der Waals surface area contributed by atoms with E-state index in [1.165, 1.54) is 12.1 Å². The molecule has 0 radical (unpaired) electrons. The zero-order valence-electron chi connectivity index (χ0n) is 19.9. The van der Waals surface area contributed by atoms with E-state index in [1.54, 1.807) is 13.8 Å². The summed E-state index contributed by atoms with van der Waals surface area (Å²) in [5.74, 6) is -0.625. The number of halogens is 1. The highest BCUT2D eigenvalue weighted by atomic mass is 31.2. The molecule has 0 spiro atoms. The summed E-state index contributed by atoms with van der Waals surface area (Å²) in [4.78, 5) is 26.3. The van der Waals surface area contributed by atoms with Gasteiger partial charge in [0.2, 0.25) is 0 Å². The fourth-order valence-corrected chi connectivity index (χ4v) is 8.25. The minimum absolute atomic E-state index is 0.0717. The van der Waals surface area contributed by atoms with Crippen LogP contribution >= 0.6 is 7.26 Å². The van der Waals surface area contributed by atoms with E-state index < -0.39 is 7.26 Å². The summed E-state index contributed by atoms with van der Waals surface area (Å²) in [6.45, 7) is 10.0. The van der Waals surface area contributed by atoms with Crippen LogP contribution in [-0.2, 0) is 20.9 Å². The van der Waals surface area contributed by atoms with Crippen LogP contribution in [-0.4, -0.2) is 36.0 Å². The summed E-state index contributed by atoms with van der Waals surface area (Å²) >= 11 is 0. The molecule has 0 aliphatic rings. The predicted molar refractivity (Wildman–Crippen MR) is 132 cm³/mol. The van der Waals surface area contributed by atoms with Gasteiger partial charge < -0.3 is 10.1 Å². The Morgan fingerprint density at radius 3 is 2.16 bits per heavy atom. The first-order chi connectivity index (χ1) is 15.3. The molecule has 174 valence electrons. The lowest BCUT2D eigenvalue weighted by Gasteiger charge is -2.32. The predicted octanol–water partition coefficient (Wildman–Crippen LogP) is 6.35. The summed E-state index contributed by atoms with van der Waals surface area (Å²) in [5, 5.41) is 3.07. The van der Waals surface area contributed by atoms with Crippen LogP contribution in [0.15, 0.2) is 42.5 Å². The number of amides is 1. The number of ether oxygens (including phenoxy) is 1. The van der Waals surface area contributed by atoms with Crippen molar-refractivity contribution in [2.45, 2.75) is 59.7 Å². The van der Waals surface area contributed by atoms with Crippen molar-refractivity contribution in [1.29, 1.82) is 0 Å². The average Bonchev–Trinajstić information content (AvgIpc) is 2.77. The first kappa shape index (κ1) is 26.0. The fraction of sp³-hybridized carbons (Fsp3) is 0.462. The van der Waals surface area contributed by atoms with Crippen LogP contribution in [0.4, 0.5) is 10.1 Å². The topological polar surface area (TPSA) is 55.4 Å². The van der Waals surface area contributed by atoms with Gasteiger partial charge in [0, 0.05) is 12.9 Å². The van der Waals surface area contributed by atoms with Crippen molar-refractivity contribution < 1.29 is 18.7 Å². The van der Waals surface area contributed by atoms with Gasteiger partial charge >= 0.3 is 5.97 Å². The first-order valence-electron chi connectivity index (χ1n) is 11.4. The van der Waals surface area contributed by atoms with Gasteiger partial charge in [0.05, 0.1) is 12.3 Å². The quantitative estimate of drug-likeness (QED) is 0.314. The van der Waals surface area contributed by atoms with Gasteiger partial charge in [-0.3, -0.25) is 4.79 Å². The number of rotatable bonds is 11. The molecule has 0 saturated heterocycles. The Hall–Kier alpha value is -2.26. The molecule has 0 aliphatic heterocycles. The number of anilines is 1. The van der Waals surface area contributed by atoms with Gasteiger partial charge in [-0.2, -0.15) is 0 Å². The van der Waals surface area contributed by atoms with Gasteiger partial charge in [0.1, 0.15) is 18.1 Å². The number of carbonyl (C=O) groups is 2. The highest BCUT2D eigenvalue weighted by Crippen LogP contribution is 2.64. The molecular formula is C26H36FNO3P+. The van der Waals surface area contributed by atoms with Crippen LogP contribution in [0.3, 0.4) is 0 Å². The van der Waals surface area contributed by atoms with Crippen LogP contribution in [0.25, 0.3) is 0 Å². The molecule has 0 heterocycles. The number of benzene rings is 2. The van der Waals surface area contributed by atoms with E-state index in [-0.39, 0.29) is 30.0 Å².